The standard InChI is InChI=1S/C8H16S2/c1-2-3-4-5-8-9-6-7-10-8/h8H,2-7H2,1H3. The normalized spacial score (nSPS) is 20.1. The van der Waals surface area contributed by atoms with Crippen molar-refractivity contribution < 1.29 is 0 Å². The first-order chi connectivity index (χ1) is 4.93. The van der Waals surface area contributed by atoms with Crippen molar-refractivity contribution in [2.75, 3.05) is 11.5 Å². The summed E-state index contributed by atoms with van der Waals surface area (Å²) in [5.41, 5.74) is 0. The van der Waals surface area contributed by atoms with E-state index in [2.05, 4.69) is 30.4 Å². The van der Waals surface area contributed by atoms with Crippen LogP contribution in [-0.4, -0.2) is 16.1 Å². The van der Waals surface area contributed by atoms with Crippen LogP contribution < -0.4 is 0 Å². The van der Waals surface area contributed by atoms with Gasteiger partial charge in [-0.15, -0.1) is 23.5 Å². The molecule has 0 aromatic heterocycles. The first-order valence-electron chi connectivity index (χ1n) is 4.16. The summed E-state index contributed by atoms with van der Waals surface area (Å²) in [6.45, 7) is 2.27. The molecule has 1 aliphatic heterocycles. The topological polar surface area (TPSA) is 0 Å². The van der Waals surface area contributed by atoms with Crippen LogP contribution in [0.2, 0.25) is 0 Å². The minimum absolute atomic E-state index is 0.951. The van der Waals surface area contributed by atoms with E-state index in [0.717, 1.165) is 4.58 Å². The fraction of sp³-hybridized carbons (Fsp3) is 1.00. The second kappa shape index (κ2) is 5.36. The first kappa shape index (κ1) is 8.79. The fourth-order valence-electron chi connectivity index (χ4n) is 1.13. The van der Waals surface area contributed by atoms with Gasteiger partial charge in [-0.05, 0) is 6.42 Å². The molecule has 1 fully saturated rings. The highest BCUT2D eigenvalue weighted by atomic mass is 32.2. The lowest BCUT2D eigenvalue weighted by Gasteiger charge is -2.05. The Morgan fingerprint density at radius 2 is 1.90 bits per heavy atom. The van der Waals surface area contributed by atoms with Gasteiger partial charge in [-0.25, -0.2) is 0 Å². The van der Waals surface area contributed by atoms with Crippen molar-refractivity contribution in [3.63, 3.8) is 0 Å². The Balaban J connectivity index is 1.91. The predicted molar refractivity (Wildman–Crippen MR) is 52.8 cm³/mol. The highest BCUT2D eigenvalue weighted by Crippen LogP contribution is 2.35. The molecule has 1 aliphatic rings. The molecule has 0 amide bonds. The van der Waals surface area contributed by atoms with E-state index in [1.54, 1.807) is 0 Å². The molecule has 0 spiro atoms. The third-order valence-electron chi connectivity index (χ3n) is 1.73. The third kappa shape index (κ3) is 3.20. The molecule has 10 heavy (non-hydrogen) atoms. The largest absolute Gasteiger partial charge is 0.147 e. The van der Waals surface area contributed by atoms with Crippen molar-refractivity contribution in [2.24, 2.45) is 0 Å². The van der Waals surface area contributed by atoms with Crippen molar-refractivity contribution in [3.05, 3.63) is 0 Å². The van der Waals surface area contributed by atoms with E-state index in [1.165, 1.54) is 37.2 Å². The molecule has 0 aliphatic carbocycles. The lowest BCUT2D eigenvalue weighted by Crippen LogP contribution is -1.90. The van der Waals surface area contributed by atoms with E-state index in [1.807, 2.05) is 0 Å². The molecule has 0 radical (unpaired) electrons. The number of thioether (sulfide) groups is 2. The number of rotatable bonds is 4. The van der Waals surface area contributed by atoms with E-state index in [4.69, 9.17) is 0 Å². The Hall–Kier alpha value is 0.700. The van der Waals surface area contributed by atoms with Gasteiger partial charge in [0.05, 0.1) is 4.58 Å². The molecule has 2 heteroatoms. The van der Waals surface area contributed by atoms with Gasteiger partial charge in [-0.3, -0.25) is 0 Å². The average Bonchev–Trinajstić information content (AvgIpc) is 2.41. The SMILES string of the molecule is CCCCCC1SCCS1. The fourth-order valence-corrected chi connectivity index (χ4v) is 4.06. The molecule has 0 nitrogen and oxygen atoms in total. The van der Waals surface area contributed by atoms with Gasteiger partial charge in [0, 0.05) is 11.5 Å². The molecule has 1 heterocycles. The number of hydrogen-bond donors (Lipinski definition) is 0. The van der Waals surface area contributed by atoms with Crippen LogP contribution in [0.3, 0.4) is 0 Å². The summed E-state index contributed by atoms with van der Waals surface area (Å²) in [6.07, 6.45) is 5.68. The molecular weight excluding hydrogens is 160 g/mol. The molecule has 0 atom stereocenters. The van der Waals surface area contributed by atoms with Gasteiger partial charge in [0.2, 0.25) is 0 Å². The Kier molecular flexibility index (Phi) is 4.72. The van der Waals surface area contributed by atoms with E-state index in [0.29, 0.717) is 0 Å². The van der Waals surface area contributed by atoms with Crippen LogP contribution >= 0.6 is 23.5 Å². The van der Waals surface area contributed by atoms with Crippen LogP contribution in [0.15, 0.2) is 0 Å². The highest BCUT2D eigenvalue weighted by molar-refractivity contribution is 8.20. The summed E-state index contributed by atoms with van der Waals surface area (Å²) >= 11 is 4.31. The molecule has 0 aromatic rings. The number of hydrogen-bond acceptors (Lipinski definition) is 2. The van der Waals surface area contributed by atoms with Gasteiger partial charge in [-0.2, -0.15) is 0 Å². The molecule has 60 valence electrons. The van der Waals surface area contributed by atoms with Gasteiger partial charge < -0.3 is 0 Å². The summed E-state index contributed by atoms with van der Waals surface area (Å²) in [6, 6.07) is 0. The van der Waals surface area contributed by atoms with Crippen LogP contribution in [0.5, 0.6) is 0 Å². The van der Waals surface area contributed by atoms with Crippen LogP contribution in [0.4, 0.5) is 0 Å². The van der Waals surface area contributed by atoms with Crippen molar-refractivity contribution in [1.29, 1.82) is 0 Å². The van der Waals surface area contributed by atoms with Gasteiger partial charge in [-0.1, -0.05) is 26.2 Å². The second-order valence-electron chi connectivity index (χ2n) is 2.67. The summed E-state index contributed by atoms with van der Waals surface area (Å²) in [5, 5.41) is 0. The molecule has 1 rings (SSSR count). The average molecular weight is 176 g/mol. The van der Waals surface area contributed by atoms with Crippen LogP contribution in [0, 0.1) is 0 Å². The summed E-state index contributed by atoms with van der Waals surface area (Å²) in [5.74, 6) is 2.78. The summed E-state index contributed by atoms with van der Waals surface area (Å²) in [4.78, 5) is 0. The zero-order valence-electron chi connectivity index (χ0n) is 6.64. The van der Waals surface area contributed by atoms with E-state index in [9.17, 15) is 0 Å². The summed E-state index contributed by atoms with van der Waals surface area (Å²) < 4.78 is 0.951. The van der Waals surface area contributed by atoms with E-state index < -0.39 is 0 Å². The maximum Gasteiger partial charge on any atom is 0.0503 e. The Morgan fingerprint density at radius 3 is 2.50 bits per heavy atom. The molecule has 0 bridgehead atoms. The maximum atomic E-state index is 2.27. The van der Waals surface area contributed by atoms with Gasteiger partial charge in [0.1, 0.15) is 0 Å². The van der Waals surface area contributed by atoms with Crippen molar-refractivity contribution in [2.45, 2.75) is 37.2 Å². The first-order valence-corrected chi connectivity index (χ1v) is 6.26. The van der Waals surface area contributed by atoms with Crippen LogP contribution in [0.25, 0.3) is 0 Å². The van der Waals surface area contributed by atoms with Crippen molar-refractivity contribution >= 4 is 23.5 Å². The zero-order chi connectivity index (χ0) is 7.23. The van der Waals surface area contributed by atoms with Gasteiger partial charge in [0.25, 0.3) is 0 Å². The van der Waals surface area contributed by atoms with E-state index >= 15 is 0 Å². The molecule has 0 N–H and O–H groups in total. The Morgan fingerprint density at radius 1 is 1.20 bits per heavy atom. The molecule has 0 unspecified atom stereocenters. The highest BCUT2D eigenvalue weighted by Gasteiger charge is 2.14. The van der Waals surface area contributed by atoms with Crippen LogP contribution in [0.1, 0.15) is 32.6 Å². The quantitative estimate of drug-likeness (QED) is 0.602. The Labute approximate surface area is 72.5 Å². The monoisotopic (exact) mass is 176 g/mol. The zero-order valence-corrected chi connectivity index (χ0v) is 8.27. The summed E-state index contributed by atoms with van der Waals surface area (Å²) in [7, 11) is 0. The maximum absolute atomic E-state index is 2.27. The molecule has 1 saturated heterocycles. The Bertz CT molecular complexity index is 77.3. The van der Waals surface area contributed by atoms with Gasteiger partial charge >= 0.3 is 0 Å². The minimum Gasteiger partial charge on any atom is -0.147 e. The predicted octanol–water partition coefficient (Wildman–Crippen LogP) is 3.37. The molecule has 0 saturated carbocycles. The smallest absolute Gasteiger partial charge is 0.0503 e. The van der Waals surface area contributed by atoms with Crippen LogP contribution in [-0.2, 0) is 0 Å². The van der Waals surface area contributed by atoms with Crippen molar-refractivity contribution in [1.82, 2.24) is 0 Å². The lowest BCUT2D eigenvalue weighted by atomic mass is 10.2. The second-order valence-corrected chi connectivity index (χ2v) is 5.59. The lowest BCUT2D eigenvalue weighted by molar-refractivity contribution is 0.698. The molecule has 0 aromatic carbocycles. The number of unbranched alkanes of at least 4 members (excludes halogenated alkanes) is 2. The molecular formula is C8H16S2. The minimum atomic E-state index is 0.951. The van der Waals surface area contributed by atoms with E-state index in [-0.39, 0.29) is 0 Å². The third-order valence-corrected chi connectivity index (χ3v) is 4.90. The van der Waals surface area contributed by atoms with Crippen molar-refractivity contribution in [3.8, 4) is 0 Å². The van der Waals surface area contributed by atoms with Gasteiger partial charge in [0.15, 0.2) is 0 Å².